The van der Waals surface area contributed by atoms with Crippen LogP contribution < -0.4 is 15.5 Å². The van der Waals surface area contributed by atoms with E-state index >= 15 is 0 Å². The van der Waals surface area contributed by atoms with Gasteiger partial charge in [0, 0.05) is 34.3 Å². The number of carbonyl (C=O) groups excluding carboxylic acids is 1. The molecule has 0 aliphatic carbocycles. The number of aromatic nitrogens is 1. The molecule has 1 heterocycles. The molecule has 0 aliphatic heterocycles. The first kappa shape index (κ1) is 29.7. The molecule has 216 valence electrons. The van der Waals surface area contributed by atoms with Gasteiger partial charge >= 0.3 is 0 Å². The highest BCUT2D eigenvalue weighted by molar-refractivity contribution is 7.14. The highest BCUT2D eigenvalue weighted by Gasteiger charge is 2.12. The lowest BCUT2D eigenvalue weighted by molar-refractivity contribution is -0.384. The summed E-state index contributed by atoms with van der Waals surface area (Å²) in [5.41, 5.74) is 7.84. The zero-order chi connectivity index (χ0) is 30.3. The predicted octanol–water partition coefficient (Wildman–Crippen LogP) is 8.42. The van der Waals surface area contributed by atoms with Crippen molar-refractivity contribution in [2.24, 2.45) is 5.10 Å². The van der Waals surface area contributed by atoms with Crippen molar-refractivity contribution in [2.45, 2.75) is 13.5 Å². The van der Waals surface area contributed by atoms with Crippen molar-refractivity contribution < 1.29 is 14.5 Å². The first-order chi connectivity index (χ1) is 20.7. The van der Waals surface area contributed by atoms with Crippen LogP contribution in [0.5, 0.6) is 5.75 Å². The minimum atomic E-state index is -0.477. The monoisotopic (exact) mass is 631 g/mol. The largest absolute Gasteiger partial charge is 0.486 e. The van der Waals surface area contributed by atoms with E-state index in [1.807, 2.05) is 48.7 Å². The number of hydrogen-bond donors (Lipinski definition) is 2. The molecular weight excluding hydrogens is 609 g/mol. The van der Waals surface area contributed by atoms with Crippen LogP contribution in [-0.2, 0) is 6.61 Å². The number of aryl methyl sites for hydroxylation is 1. The standard InChI is InChI=1S/C31H23Cl2N5O4S/c1-19-5-11-24(12-6-19)35-31-36-28(18-43-31)22-7-9-23(10-8-22)30(39)37-34-16-21-14-26(32)29(27(33)15-21)42-17-20-3-2-4-25(13-20)38(40)41/h2-16,18H,17H2,1H3,(H,35,36)(H,37,39)/b34-16-. The van der Waals surface area contributed by atoms with Crippen LogP contribution in [0.2, 0.25) is 10.0 Å². The van der Waals surface area contributed by atoms with Crippen molar-refractivity contribution in [3.8, 4) is 17.0 Å². The van der Waals surface area contributed by atoms with E-state index in [2.05, 4.69) is 20.8 Å². The summed E-state index contributed by atoms with van der Waals surface area (Å²) in [7, 11) is 0. The second kappa shape index (κ2) is 13.5. The Balaban J connectivity index is 1.16. The number of nitro benzene ring substituents is 1. The Kier molecular flexibility index (Phi) is 9.31. The van der Waals surface area contributed by atoms with E-state index in [-0.39, 0.29) is 28.1 Å². The molecule has 9 nitrogen and oxygen atoms in total. The normalized spacial score (nSPS) is 11.0. The van der Waals surface area contributed by atoms with E-state index < -0.39 is 10.8 Å². The third kappa shape index (κ3) is 7.75. The topological polar surface area (TPSA) is 119 Å². The van der Waals surface area contributed by atoms with Gasteiger partial charge in [0.25, 0.3) is 11.6 Å². The Bertz CT molecular complexity index is 1790. The van der Waals surface area contributed by atoms with E-state index in [0.717, 1.165) is 22.1 Å². The smallest absolute Gasteiger partial charge is 0.271 e. The van der Waals surface area contributed by atoms with Crippen LogP contribution in [0.15, 0.2) is 95.4 Å². The molecule has 0 saturated carbocycles. The van der Waals surface area contributed by atoms with Gasteiger partial charge in [0.1, 0.15) is 6.61 Å². The van der Waals surface area contributed by atoms with E-state index in [0.29, 0.717) is 16.7 Å². The molecule has 12 heteroatoms. The Hall–Kier alpha value is -4.77. The fraction of sp³-hybridized carbons (Fsp3) is 0.0645. The van der Waals surface area contributed by atoms with Gasteiger partial charge in [-0.25, -0.2) is 10.4 Å². The molecule has 43 heavy (non-hydrogen) atoms. The lowest BCUT2D eigenvalue weighted by atomic mass is 10.1. The number of thiazole rings is 1. The van der Waals surface area contributed by atoms with E-state index in [9.17, 15) is 14.9 Å². The van der Waals surface area contributed by atoms with Gasteiger partial charge < -0.3 is 10.1 Å². The number of nitrogens with zero attached hydrogens (tertiary/aromatic N) is 3. The van der Waals surface area contributed by atoms with Gasteiger partial charge in [0.05, 0.1) is 26.9 Å². The number of anilines is 2. The second-order valence-electron chi connectivity index (χ2n) is 9.33. The molecule has 2 N–H and O–H groups in total. The molecule has 1 amide bonds. The number of rotatable bonds is 10. The van der Waals surface area contributed by atoms with Crippen molar-refractivity contribution >= 4 is 63.2 Å². The number of halogens is 2. The average molecular weight is 633 g/mol. The highest BCUT2D eigenvalue weighted by atomic mass is 35.5. The number of benzene rings is 4. The molecule has 0 saturated heterocycles. The Morgan fingerprint density at radius 1 is 1.05 bits per heavy atom. The van der Waals surface area contributed by atoms with Gasteiger partial charge in [0.15, 0.2) is 10.9 Å². The maximum atomic E-state index is 12.6. The number of hydrazone groups is 1. The van der Waals surface area contributed by atoms with Gasteiger partial charge in [-0.2, -0.15) is 5.10 Å². The van der Waals surface area contributed by atoms with Gasteiger partial charge in [-0.3, -0.25) is 14.9 Å². The van der Waals surface area contributed by atoms with Crippen molar-refractivity contribution in [3.05, 3.63) is 133 Å². The predicted molar refractivity (Wildman–Crippen MR) is 171 cm³/mol. The molecule has 5 rings (SSSR count). The van der Waals surface area contributed by atoms with Crippen LogP contribution in [0.25, 0.3) is 11.3 Å². The molecule has 0 bridgehead atoms. The van der Waals surface area contributed by atoms with E-state index in [1.165, 1.54) is 35.2 Å². The van der Waals surface area contributed by atoms with Crippen LogP contribution in [0.1, 0.15) is 27.0 Å². The maximum Gasteiger partial charge on any atom is 0.271 e. The summed E-state index contributed by atoms with van der Waals surface area (Å²) in [6, 6.07) is 24.4. The second-order valence-corrected chi connectivity index (χ2v) is 11.0. The van der Waals surface area contributed by atoms with Crippen molar-refractivity contribution in [1.82, 2.24) is 10.4 Å². The first-order valence-corrected chi connectivity index (χ1v) is 14.5. The number of carbonyl (C=O) groups is 1. The lowest BCUT2D eigenvalue weighted by Crippen LogP contribution is -2.17. The molecule has 0 unspecified atom stereocenters. The quantitative estimate of drug-likeness (QED) is 0.0907. The third-order valence-corrected chi connectivity index (χ3v) is 7.47. The minimum absolute atomic E-state index is 0.0389. The van der Waals surface area contributed by atoms with E-state index in [4.69, 9.17) is 27.9 Å². The maximum absolute atomic E-state index is 12.6. The van der Waals surface area contributed by atoms with Gasteiger partial charge in [-0.1, -0.05) is 65.2 Å². The number of ether oxygens (including phenoxy) is 1. The summed E-state index contributed by atoms with van der Waals surface area (Å²) in [6.07, 6.45) is 1.41. The summed E-state index contributed by atoms with van der Waals surface area (Å²) in [5.74, 6) is -0.161. The molecule has 0 radical (unpaired) electrons. The fourth-order valence-corrected chi connectivity index (χ4v) is 5.31. The van der Waals surface area contributed by atoms with Crippen LogP contribution in [0.3, 0.4) is 0 Å². The third-order valence-electron chi connectivity index (χ3n) is 6.15. The summed E-state index contributed by atoms with van der Waals surface area (Å²) in [4.78, 5) is 27.8. The first-order valence-electron chi connectivity index (χ1n) is 12.8. The molecular formula is C31H23Cl2N5O4S. The molecule has 0 aliphatic rings. The summed E-state index contributed by atoms with van der Waals surface area (Å²) >= 11 is 14.2. The Morgan fingerprint density at radius 2 is 1.77 bits per heavy atom. The molecule has 1 aromatic heterocycles. The SMILES string of the molecule is Cc1ccc(Nc2nc(-c3ccc(C(=O)N/N=C\c4cc(Cl)c(OCc5cccc([N+](=O)[O-])c5)c(Cl)c4)cc3)cs2)cc1. The number of amides is 1. The van der Waals surface area contributed by atoms with E-state index in [1.54, 1.807) is 36.4 Å². The average Bonchev–Trinajstić information content (AvgIpc) is 3.46. The van der Waals surface area contributed by atoms with Gasteiger partial charge in [0.2, 0.25) is 0 Å². The molecule has 5 aromatic rings. The van der Waals surface area contributed by atoms with Crippen LogP contribution >= 0.6 is 34.5 Å². The summed E-state index contributed by atoms with van der Waals surface area (Å²) in [5, 5.41) is 21.5. The van der Waals surface area contributed by atoms with Crippen LogP contribution in [0, 0.1) is 17.0 Å². The highest BCUT2D eigenvalue weighted by Crippen LogP contribution is 2.34. The Labute approximate surface area is 260 Å². The number of hydrogen-bond acceptors (Lipinski definition) is 8. The molecule has 0 atom stereocenters. The molecule has 4 aromatic carbocycles. The number of non-ortho nitro benzene ring substituents is 1. The zero-order valence-corrected chi connectivity index (χ0v) is 24.9. The van der Waals surface area contributed by atoms with Crippen molar-refractivity contribution in [3.63, 3.8) is 0 Å². The lowest BCUT2D eigenvalue weighted by Gasteiger charge is -2.11. The zero-order valence-electron chi connectivity index (χ0n) is 22.6. The molecule has 0 spiro atoms. The van der Waals surface area contributed by atoms with Gasteiger partial charge in [-0.15, -0.1) is 11.3 Å². The minimum Gasteiger partial charge on any atom is -0.486 e. The van der Waals surface area contributed by atoms with Gasteiger partial charge in [-0.05, 0) is 54.4 Å². The van der Waals surface area contributed by atoms with Crippen LogP contribution in [0.4, 0.5) is 16.5 Å². The summed E-state index contributed by atoms with van der Waals surface area (Å²) < 4.78 is 5.71. The molecule has 0 fully saturated rings. The number of nitro groups is 1. The van der Waals surface area contributed by atoms with Crippen LogP contribution in [-0.4, -0.2) is 22.0 Å². The number of nitrogens with one attached hydrogen (secondary N) is 2. The van der Waals surface area contributed by atoms with Crippen molar-refractivity contribution in [1.29, 1.82) is 0 Å². The van der Waals surface area contributed by atoms with Crippen molar-refractivity contribution in [2.75, 3.05) is 5.32 Å². The fourth-order valence-electron chi connectivity index (χ4n) is 3.95. The Morgan fingerprint density at radius 3 is 2.47 bits per heavy atom. The summed E-state index contributed by atoms with van der Waals surface area (Å²) in [6.45, 7) is 2.08.